The zero-order valence-electron chi connectivity index (χ0n) is 35.2. The van der Waals surface area contributed by atoms with Crippen LogP contribution in [-0.2, 0) is 60.4 Å². The minimum Gasteiger partial charge on any atom is -0.508 e. The molecule has 10 atom stereocenters. The highest BCUT2D eigenvalue weighted by molar-refractivity contribution is 7.85. The van der Waals surface area contributed by atoms with Crippen molar-refractivity contribution in [2.45, 2.75) is 106 Å². The van der Waals surface area contributed by atoms with Gasteiger partial charge in [0.25, 0.3) is 0 Å². The molecule has 1 fully saturated rings. The molecule has 2 bridgehead atoms. The van der Waals surface area contributed by atoms with Crippen LogP contribution in [0.5, 0.6) is 5.75 Å². The summed E-state index contributed by atoms with van der Waals surface area (Å²) in [6.45, 7) is 1.71. The zero-order valence-corrected chi connectivity index (χ0v) is 36.0. The fraction of sp³-hybridized carbons (Fsp3) is 0.564. The van der Waals surface area contributed by atoms with Gasteiger partial charge in [-0.2, -0.15) is 0 Å². The number of aromatic hydroxyl groups is 1. The predicted octanol–water partition coefficient (Wildman–Crippen LogP) is -5.78. The highest BCUT2D eigenvalue weighted by atomic mass is 32.2. The number of nitrogens with one attached hydrogen (secondary N) is 8. The van der Waals surface area contributed by atoms with Crippen molar-refractivity contribution in [3.8, 4) is 5.75 Å². The molecule has 1 aromatic heterocycles. The van der Waals surface area contributed by atoms with Gasteiger partial charge in [-0.1, -0.05) is 20.3 Å². The van der Waals surface area contributed by atoms with E-state index < -0.39 is 176 Å². The summed E-state index contributed by atoms with van der Waals surface area (Å²) < 4.78 is 14.6. The number of carbonyl (C=O) groups is 9. The van der Waals surface area contributed by atoms with E-state index in [0.29, 0.717) is 6.42 Å². The van der Waals surface area contributed by atoms with Gasteiger partial charge in [0.15, 0.2) is 0 Å². The second-order valence-electron chi connectivity index (χ2n) is 16.3. The Labute approximate surface area is 368 Å². The third-order valence-corrected chi connectivity index (χ3v) is 12.9. The number of aromatic nitrogens is 1. The Morgan fingerprint density at radius 3 is 2.25 bits per heavy atom. The number of phenolic OH excluding ortho intramolecular Hbond substituents is 1. The topological polar surface area (TPSA) is 381 Å². The van der Waals surface area contributed by atoms with Gasteiger partial charge in [-0.15, -0.1) is 0 Å². The summed E-state index contributed by atoms with van der Waals surface area (Å²) in [6.07, 6.45) is -3.37. The molecule has 1 aromatic carbocycles. The van der Waals surface area contributed by atoms with Gasteiger partial charge in [-0.3, -0.25) is 47.4 Å². The smallest absolute Gasteiger partial charge is 0.246 e. The molecule has 3 aliphatic heterocycles. The minimum absolute atomic E-state index is 0.0649. The second-order valence-corrected chi connectivity index (χ2v) is 17.8. The Balaban J connectivity index is 1.74. The molecule has 64 heavy (non-hydrogen) atoms. The van der Waals surface area contributed by atoms with Crippen molar-refractivity contribution in [1.29, 1.82) is 0 Å². The van der Waals surface area contributed by atoms with Crippen LogP contribution in [0.25, 0.3) is 10.9 Å². The second kappa shape index (κ2) is 20.5. The van der Waals surface area contributed by atoms with Crippen LogP contribution in [0.4, 0.5) is 0 Å². The Kier molecular flexibility index (Phi) is 15.7. The van der Waals surface area contributed by atoms with Crippen molar-refractivity contribution in [3.05, 3.63) is 23.8 Å². The average molecular weight is 919 g/mol. The lowest BCUT2D eigenvalue weighted by Crippen LogP contribution is -2.64. The molecule has 2 aromatic rings. The van der Waals surface area contributed by atoms with Crippen LogP contribution in [0.15, 0.2) is 23.2 Å². The Morgan fingerprint density at radius 2 is 1.59 bits per heavy atom. The maximum atomic E-state index is 14.6. The number of aliphatic hydroxyl groups is 3. The highest BCUT2D eigenvalue weighted by Crippen LogP contribution is 2.30. The molecule has 350 valence electrons. The Hall–Kier alpha value is -6.18. The van der Waals surface area contributed by atoms with Crippen molar-refractivity contribution in [3.63, 3.8) is 0 Å². The fourth-order valence-corrected chi connectivity index (χ4v) is 9.13. The molecule has 25 heteroatoms. The molecular weight excluding hydrogens is 865 g/mol. The first kappa shape index (κ1) is 48.8. The number of hydrogen-bond acceptors (Lipinski definition) is 14. The van der Waals surface area contributed by atoms with E-state index in [1.165, 1.54) is 18.2 Å². The quantitative estimate of drug-likeness (QED) is 0.123. The maximum Gasteiger partial charge on any atom is 0.246 e. The lowest BCUT2D eigenvalue weighted by molar-refractivity contribution is -0.145. The molecule has 14 N–H and O–H groups in total. The van der Waals surface area contributed by atoms with Gasteiger partial charge < -0.3 is 73.3 Å². The van der Waals surface area contributed by atoms with Gasteiger partial charge in [0.1, 0.15) is 47.0 Å². The van der Waals surface area contributed by atoms with Gasteiger partial charge in [0.2, 0.25) is 53.2 Å². The van der Waals surface area contributed by atoms with Crippen LogP contribution in [0, 0.1) is 5.92 Å². The van der Waals surface area contributed by atoms with E-state index >= 15 is 0 Å². The number of amides is 9. The fourth-order valence-electron chi connectivity index (χ4n) is 7.73. The molecular formula is C39H54N10O14S. The van der Waals surface area contributed by atoms with Crippen molar-refractivity contribution < 1.29 is 67.8 Å². The van der Waals surface area contributed by atoms with Crippen LogP contribution in [-0.4, -0.2) is 168 Å². The molecule has 0 saturated carbocycles. The molecule has 9 amide bonds. The number of carbonyl (C=O) groups excluding carboxylic acids is 9. The van der Waals surface area contributed by atoms with E-state index in [9.17, 15) is 67.8 Å². The van der Waals surface area contributed by atoms with Gasteiger partial charge in [0, 0.05) is 43.9 Å². The van der Waals surface area contributed by atoms with Gasteiger partial charge in [-0.25, -0.2) is 0 Å². The predicted molar refractivity (Wildman–Crippen MR) is 222 cm³/mol. The maximum absolute atomic E-state index is 14.6. The van der Waals surface area contributed by atoms with Crippen molar-refractivity contribution in [2.24, 2.45) is 11.7 Å². The Morgan fingerprint density at radius 1 is 0.922 bits per heavy atom. The first-order valence-electron chi connectivity index (χ1n) is 20.5. The molecule has 0 aliphatic carbocycles. The number of rotatable bonds is 7. The number of aliphatic hydroxyl groups excluding tert-OH is 2. The van der Waals surface area contributed by atoms with Crippen LogP contribution in [0.1, 0.15) is 52.0 Å². The number of nitrogens with zero attached hydrogens (tertiary/aromatic N) is 1. The lowest BCUT2D eigenvalue weighted by Gasteiger charge is -2.35. The minimum atomic E-state index is -2.39. The number of fused-ring (bicyclic) bond motifs is 5. The lowest BCUT2D eigenvalue weighted by atomic mass is 9.91. The standard InChI is InChI=1S/C39H54N10O14S/c1-4-17(2)30-35(59)42-13-28(54)43-25-16-64(63)37-21(20-6-5-18(51)9-22(20)46-37)11-23(32(56)41-14-29(55)47-30)44-36(60)31(39(3,62)7-8-50)48-34(58)26-10-19(52)15-49(26)38(61)24(12-27(40)53)45-33(25)57/h5-6,9,17,19,23-26,30-31,46,50-52,62H,4,7-8,10-16H2,1-3H3,(H2,40,53)(H,41,56)(H,42,59)(H,43,54)(H,44,60)(H,45,57)(H,47,55)(H,48,58)/t17-,19+,23+,24+,25+,26+,30-,31-,39-,64+/m0/s1. The summed E-state index contributed by atoms with van der Waals surface area (Å²) >= 11 is 0. The van der Waals surface area contributed by atoms with Crippen LogP contribution in [0.2, 0.25) is 0 Å². The number of H-pyrrole nitrogens is 1. The van der Waals surface area contributed by atoms with Gasteiger partial charge >= 0.3 is 0 Å². The number of aromatic amines is 1. The van der Waals surface area contributed by atoms with Gasteiger partial charge in [-0.05, 0) is 30.5 Å². The highest BCUT2D eigenvalue weighted by Gasteiger charge is 2.46. The molecule has 0 radical (unpaired) electrons. The van der Waals surface area contributed by atoms with E-state index in [1.54, 1.807) is 13.8 Å². The van der Waals surface area contributed by atoms with Gasteiger partial charge in [0.05, 0.1) is 53.3 Å². The molecule has 0 unspecified atom stereocenters. The number of phenols is 1. The molecule has 3 aliphatic rings. The Bertz CT molecular complexity index is 2220. The van der Waals surface area contributed by atoms with E-state index in [-0.39, 0.29) is 27.2 Å². The molecule has 1 saturated heterocycles. The van der Waals surface area contributed by atoms with Crippen molar-refractivity contribution >= 4 is 74.9 Å². The summed E-state index contributed by atoms with van der Waals surface area (Å²) in [5.74, 6) is -11.0. The zero-order chi connectivity index (χ0) is 47.2. The summed E-state index contributed by atoms with van der Waals surface area (Å²) in [5.41, 5.74) is 3.43. The summed E-state index contributed by atoms with van der Waals surface area (Å²) in [7, 11) is -2.39. The van der Waals surface area contributed by atoms with Crippen molar-refractivity contribution in [1.82, 2.24) is 47.1 Å². The third-order valence-electron chi connectivity index (χ3n) is 11.4. The van der Waals surface area contributed by atoms with Crippen LogP contribution >= 0.6 is 0 Å². The number of hydrogen-bond donors (Lipinski definition) is 13. The molecule has 5 rings (SSSR count). The number of benzene rings is 1. The summed E-state index contributed by atoms with van der Waals surface area (Å²) in [6, 6.07) is -6.33. The molecule has 0 spiro atoms. The van der Waals surface area contributed by atoms with E-state index in [2.05, 4.69) is 42.2 Å². The first-order valence-corrected chi connectivity index (χ1v) is 21.8. The van der Waals surface area contributed by atoms with Crippen LogP contribution < -0.4 is 43.0 Å². The average Bonchev–Trinajstić information content (AvgIpc) is 3.80. The van der Waals surface area contributed by atoms with Crippen molar-refractivity contribution in [2.75, 3.05) is 32.0 Å². The molecule has 24 nitrogen and oxygen atoms in total. The first-order chi connectivity index (χ1) is 30.1. The third kappa shape index (κ3) is 11.5. The van der Waals surface area contributed by atoms with E-state index in [4.69, 9.17) is 5.73 Å². The number of nitrogens with two attached hydrogens (primary N) is 1. The summed E-state index contributed by atoms with van der Waals surface area (Å²) in [4.78, 5) is 127. The van der Waals surface area contributed by atoms with Crippen LogP contribution in [0.3, 0.4) is 0 Å². The number of primary amides is 1. The largest absolute Gasteiger partial charge is 0.508 e. The molecule has 4 heterocycles. The summed E-state index contributed by atoms with van der Waals surface area (Å²) in [5, 5.41) is 59.4. The monoisotopic (exact) mass is 918 g/mol. The van der Waals surface area contributed by atoms with E-state index in [1.807, 2.05) is 0 Å². The normalized spacial score (nSPS) is 28.5. The van der Waals surface area contributed by atoms with E-state index in [0.717, 1.165) is 11.8 Å². The SMILES string of the molecule is CC[C@H](C)[C@@H]1NC(=O)CNC(=O)[C@H]2Cc3c([nH]c4cc(O)ccc34)[S@](=O)C[C@@H](NC(=O)CNC1=O)C(=O)N[C@H](CC(N)=O)C(=O)N1C[C@H](O)C[C@@H]1C(=O)N[C@H]([C@@](C)(O)CCO)C(=O)N2.